The number of carbonyl (C=O) groups excluding carboxylic acids is 1. The first-order valence-electron chi connectivity index (χ1n) is 4.59. The Morgan fingerprint density at radius 2 is 2.50 bits per heavy atom. The van der Waals surface area contributed by atoms with Gasteiger partial charge >= 0.3 is 5.97 Å². The van der Waals surface area contributed by atoms with Gasteiger partial charge in [0.05, 0.1) is 13.0 Å². The third-order valence-corrected chi connectivity index (χ3v) is 2.78. The Kier molecular flexibility index (Phi) is 4.40. The highest BCUT2D eigenvalue weighted by atomic mass is 32.1. The van der Waals surface area contributed by atoms with Crippen molar-refractivity contribution in [3.05, 3.63) is 34.5 Å². The maximum absolute atomic E-state index is 11.2. The van der Waals surface area contributed by atoms with Gasteiger partial charge in [0.1, 0.15) is 0 Å². The lowest BCUT2D eigenvalue weighted by Gasteiger charge is -2.01. The smallest absolute Gasteiger partial charge is 0.311 e. The lowest BCUT2D eigenvalue weighted by molar-refractivity contribution is -0.142. The number of carbonyl (C=O) groups is 1. The molecule has 0 unspecified atom stereocenters. The number of allylic oxidation sites excluding steroid dienone is 1. The molecule has 1 aromatic heterocycles. The van der Waals surface area contributed by atoms with E-state index in [0.717, 1.165) is 11.3 Å². The van der Waals surface area contributed by atoms with Gasteiger partial charge in [-0.05, 0) is 30.4 Å². The lowest BCUT2D eigenvalue weighted by atomic mass is 10.1. The fraction of sp³-hybridized carbons (Fsp3) is 0.364. The zero-order chi connectivity index (χ0) is 10.4. The number of thiophene rings is 1. The Morgan fingerprint density at radius 3 is 3.14 bits per heavy atom. The van der Waals surface area contributed by atoms with E-state index in [9.17, 15) is 4.79 Å². The molecule has 0 aromatic carbocycles. The third kappa shape index (κ3) is 3.00. The van der Waals surface area contributed by atoms with Crippen molar-refractivity contribution < 1.29 is 9.53 Å². The van der Waals surface area contributed by atoms with Gasteiger partial charge in [-0.1, -0.05) is 6.08 Å². The average Bonchev–Trinajstić information content (AvgIpc) is 2.54. The average molecular weight is 210 g/mol. The normalized spacial score (nSPS) is 9.79. The second kappa shape index (κ2) is 5.60. The molecule has 0 N–H and O–H groups in total. The number of ether oxygens (including phenoxy) is 1. The molecule has 0 amide bonds. The van der Waals surface area contributed by atoms with Crippen LogP contribution < -0.4 is 0 Å². The largest absolute Gasteiger partial charge is 0.466 e. The van der Waals surface area contributed by atoms with Crippen LogP contribution in [0.4, 0.5) is 0 Å². The van der Waals surface area contributed by atoms with Gasteiger partial charge in [-0.15, -0.1) is 17.9 Å². The van der Waals surface area contributed by atoms with Crippen LogP contribution in [-0.2, 0) is 22.4 Å². The van der Waals surface area contributed by atoms with Crippen molar-refractivity contribution in [1.29, 1.82) is 0 Å². The van der Waals surface area contributed by atoms with E-state index in [0.29, 0.717) is 13.0 Å². The highest BCUT2D eigenvalue weighted by Crippen LogP contribution is 2.18. The van der Waals surface area contributed by atoms with E-state index in [1.807, 2.05) is 24.4 Å². The van der Waals surface area contributed by atoms with Crippen LogP contribution >= 0.6 is 11.3 Å². The molecule has 76 valence electrons. The SMILES string of the molecule is C=CCc1ccsc1CC(=O)OCC. The Hall–Kier alpha value is -1.09. The Morgan fingerprint density at radius 1 is 1.71 bits per heavy atom. The summed E-state index contributed by atoms with van der Waals surface area (Å²) < 4.78 is 4.89. The molecule has 3 heteroatoms. The molecule has 0 aliphatic rings. The van der Waals surface area contributed by atoms with E-state index in [2.05, 4.69) is 6.58 Å². The molecule has 0 atom stereocenters. The summed E-state index contributed by atoms with van der Waals surface area (Å²) in [4.78, 5) is 12.3. The molecule has 1 heterocycles. The summed E-state index contributed by atoms with van der Waals surface area (Å²) in [6.45, 7) is 5.94. The first-order chi connectivity index (χ1) is 6.77. The molecule has 0 aliphatic heterocycles. The first-order valence-corrected chi connectivity index (χ1v) is 5.47. The van der Waals surface area contributed by atoms with Crippen LogP contribution in [0.25, 0.3) is 0 Å². The van der Waals surface area contributed by atoms with Gasteiger partial charge < -0.3 is 4.74 Å². The molecule has 14 heavy (non-hydrogen) atoms. The van der Waals surface area contributed by atoms with Crippen LogP contribution in [0.3, 0.4) is 0 Å². The molecule has 0 saturated carbocycles. The highest BCUT2D eigenvalue weighted by molar-refractivity contribution is 7.10. The molecule has 0 aliphatic carbocycles. The van der Waals surface area contributed by atoms with E-state index in [1.54, 1.807) is 11.3 Å². The van der Waals surface area contributed by atoms with Gasteiger partial charge in [0, 0.05) is 4.88 Å². The predicted octanol–water partition coefficient (Wildman–Crippen LogP) is 2.58. The monoisotopic (exact) mass is 210 g/mol. The Labute approximate surface area is 88.2 Å². The van der Waals surface area contributed by atoms with Crippen LogP contribution in [-0.4, -0.2) is 12.6 Å². The first kappa shape index (κ1) is 11.0. The number of esters is 1. The molecular weight excluding hydrogens is 196 g/mol. The van der Waals surface area contributed by atoms with Gasteiger partial charge in [0.25, 0.3) is 0 Å². The number of hydrogen-bond acceptors (Lipinski definition) is 3. The quantitative estimate of drug-likeness (QED) is 0.551. The van der Waals surface area contributed by atoms with Crippen LogP contribution in [0.2, 0.25) is 0 Å². The molecule has 0 bridgehead atoms. The van der Waals surface area contributed by atoms with Crippen LogP contribution in [0.1, 0.15) is 17.4 Å². The minimum Gasteiger partial charge on any atom is -0.466 e. The standard InChI is InChI=1S/C11H14O2S/c1-3-5-9-6-7-14-10(9)8-11(12)13-4-2/h3,6-7H,1,4-5,8H2,2H3. The highest BCUT2D eigenvalue weighted by Gasteiger charge is 2.08. The van der Waals surface area contributed by atoms with Crippen LogP contribution in [0.5, 0.6) is 0 Å². The van der Waals surface area contributed by atoms with Crippen LogP contribution in [0.15, 0.2) is 24.1 Å². The fourth-order valence-electron chi connectivity index (χ4n) is 1.20. The van der Waals surface area contributed by atoms with E-state index in [-0.39, 0.29) is 5.97 Å². The van der Waals surface area contributed by atoms with Gasteiger partial charge in [-0.25, -0.2) is 0 Å². The molecular formula is C11H14O2S. The van der Waals surface area contributed by atoms with Crippen molar-refractivity contribution in [2.75, 3.05) is 6.61 Å². The summed E-state index contributed by atoms with van der Waals surface area (Å²) in [5.74, 6) is -0.153. The summed E-state index contributed by atoms with van der Waals surface area (Å²) in [6, 6.07) is 2.03. The maximum Gasteiger partial charge on any atom is 0.311 e. The summed E-state index contributed by atoms with van der Waals surface area (Å²) in [6.07, 6.45) is 3.05. The van der Waals surface area contributed by atoms with E-state index < -0.39 is 0 Å². The van der Waals surface area contributed by atoms with Gasteiger partial charge in [0.15, 0.2) is 0 Å². The van der Waals surface area contributed by atoms with Gasteiger partial charge in [0.2, 0.25) is 0 Å². The van der Waals surface area contributed by atoms with Crippen molar-refractivity contribution in [2.24, 2.45) is 0 Å². The van der Waals surface area contributed by atoms with Gasteiger partial charge in [-0.2, -0.15) is 0 Å². The molecule has 1 rings (SSSR count). The number of hydrogen-bond donors (Lipinski definition) is 0. The Bertz CT molecular complexity index is 315. The van der Waals surface area contributed by atoms with Crippen molar-refractivity contribution in [3.8, 4) is 0 Å². The summed E-state index contributed by atoms with van der Waals surface area (Å²) >= 11 is 1.60. The fourth-order valence-corrected chi connectivity index (χ4v) is 2.10. The minimum absolute atomic E-state index is 0.153. The molecule has 1 aromatic rings. The summed E-state index contributed by atoms with van der Waals surface area (Å²) in [5, 5.41) is 1.99. The second-order valence-electron chi connectivity index (χ2n) is 2.84. The van der Waals surface area contributed by atoms with E-state index in [1.165, 1.54) is 5.56 Å². The molecule has 0 saturated heterocycles. The summed E-state index contributed by atoms with van der Waals surface area (Å²) in [7, 11) is 0. The van der Waals surface area contributed by atoms with Crippen molar-refractivity contribution in [2.45, 2.75) is 19.8 Å². The number of rotatable bonds is 5. The molecule has 2 nitrogen and oxygen atoms in total. The second-order valence-corrected chi connectivity index (χ2v) is 3.84. The zero-order valence-corrected chi connectivity index (χ0v) is 9.10. The topological polar surface area (TPSA) is 26.3 Å². The van der Waals surface area contributed by atoms with E-state index in [4.69, 9.17) is 4.74 Å². The van der Waals surface area contributed by atoms with Crippen molar-refractivity contribution in [3.63, 3.8) is 0 Å². The molecule has 0 radical (unpaired) electrons. The van der Waals surface area contributed by atoms with Crippen LogP contribution in [0, 0.1) is 0 Å². The van der Waals surface area contributed by atoms with Crippen molar-refractivity contribution in [1.82, 2.24) is 0 Å². The summed E-state index contributed by atoms with van der Waals surface area (Å²) in [5.41, 5.74) is 1.18. The lowest BCUT2D eigenvalue weighted by Crippen LogP contribution is -2.07. The maximum atomic E-state index is 11.2. The predicted molar refractivity (Wildman–Crippen MR) is 58.6 cm³/mol. The zero-order valence-electron chi connectivity index (χ0n) is 8.29. The minimum atomic E-state index is -0.153. The van der Waals surface area contributed by atoms with E-state index >= 15 is 0 Å². The van der Waals surface area contributed by atoms with Crippen molar-refractivity contribution >= 4 is 17.3 Å². The van der Waals surface area contributed by atoms with Gasteiger partial charge in [-0.3, -0.25) is 4.79 Å². The molecule has 0 spiro atoms. The molecule has 0 fully saturated rings. The third-order valence-electron chi connectivity index (χ3n) is 1.81. The Balaban J connectivity index is 2.61.